The van der Waals surface area contributed by atoms with E-state index in [0.29, 0.717) is 12.8 Å². The highest BCUT2D eigenvalue weighted by Gasteiger charge is 2.54. The monoisotopic (exact) mass is 240 g/mol. The van der Waals surface area contributed by atoms with E-state index in [9.17, 15) is 9.90 Å². The Morgan fingerprint density at radius 3 is 2.18 bits per heavy atom. The van der Waals surface area contributed by atoms with Gasteiger partial charge in [-0.05, 0) is 53.9 Å². The lowest BCUT2D eigenvalue weighted by Crippen LogP contribution is -2.50. The zero-order valence-electron chi connectivity index (χ0n) is 11.6. The standard InChI is InChI=1S/C14H24O3/c1-10-7-8-14(9-10,13(5,6)16)11(15)17-12(2,3)4/h16H,1,7-9H2,2-6H3. The zero-order valence-corrected chi connectivity index (χ0v) is 11.6. The number of aliphatic hydroxyl groups is 1. The van der Waals surface area contributed by atoms with Gasteiger partial charge >= 0.3 is 5.97 Å². The van der Waals surface area contributed by atoms with Gasteiger partial charge in [0.2, 0.25) is 0 Å². The lowest BCUT2D eigenvalue weighted by molar-refractivity contribution is -0.182. The molecule has 0 bridgehead atoms. The van der Waals surface area contributed by atoms with E-state index in [4.69, 9.17) is 4.74 Å². The maximum atomic E-state index is 12.4. The van der Waals surface area contributed by atoms with Crippen molar-refractivity contribution >= 4 is 5.97 Å². The number of hydrogen-bond donors (Lipinski definition) is 1. The normalized spacial score (nSPS) is 26.1. The number of rotatable bonds is 2. The van der Waals surface area contributed by atoms with Crippen LogP contribution in [0.4, 0.5) is 0 Å². The van der Waals surface area contributed by atoms with Crippen LogP contribution in [-0.4, -0.2) is 22.3 Å². The predicted molar refractivity (Wildman–Crippen MR) is 67.6 cm³/mol. The van der Waals surface area contributed by atoms with Crippen molar-refractivity contribution in [2.24, 2.45) is 5.41 Å². The SMILES string of the molecule is C=C1CCC(C(=O)OC(C)(C)C)(C(C)(C)O)C1. The fourth-order valence-electron chi connectivity index (χ4n) is 2.32. The third-order valence-electron chi connectivity index (χ3n) is 3.42. The average Bonchev–Trinajstić information content (AvgIpc) is 2.44. The Balaban J connectivity index is 3.01. The molecule has 1 fully saturated rings. The molecule has 0 heterocycles. The fourth-order valence-corrected chi connectivity index (χ4v) is 2.32. The summed E-state index contributed by atoms with van der Waals surface area (Å²) in [7, 11) is 0. The van der Waals surface area contributed by atoms with Crippen LogP contribution in [-0.2, 0) is 9.53 Å². The van der Waals surface area contributed by atoms with Gasteiger partial charge < -0.3 is 9.84 Å². The third kappa shape index (κ3) is 2.89. The Morgan fingerprint density at radius 1 is 1.35 bits per heavy atom. The first kappa shape index (κ1) is 14.2. The van der Waals surface area contributed by atoms with Gasteiger partial charge in [-0.15, -0.1) is 0 Å². The van der Waals surface area contributed by atoms with Crippen LogP contribution in [0.1, 0.15) is 53.9 Å². The second-order valence-corrected chi connectivity index (χ2v) is 6.57. The number of carbonyl (C=O) groups is 1. The molecule has 0 amide bonds. The topological polar surface area (TPSA) is 46.5 Å². The van der Waals surface area contributed by atoms with Gasteiger partial charge in [0.15, 0.2) is 0 Å². The number of allylic oxidation sites excluding steroid dienone is 1. The van der Waals surface area contributed by atoms with Crippen LogP contribution in [0, 0.1) is 5.41 Å². The van der Waals surface area contributed by atoms with E-state index in [1.165, 1.54) is 0 Å². The van der Waals surface area contributed by atoms with Crippen LogP contribution in [0.2, 0.25) is 0 Å². The molecule has 0 aromatic rings. The number of hydrogen-bond acceptors (Lipinski definition) is 3. The Labute approximate surface area is 104 Å². The molecule has 1 N–H and O–H groups in total. The van der Waals surface area contributed by atoms with E-state index < -0.39 is 16.6 Å². The van der Waals surface area contributed by atoms with E-state index in [2.05, 4.69) is 6.58 Å². The molecule has 1 aliphatic rings. The zero-order chi connectivity index (χ0) is 13.5. The minimum absolute atomic E-state index is 0.309. The van der Waals surface area contributed by atoms with Crippen molar-refractivity contribution in [2.45, 2.75) is 65.1 Å². The number of ether oxygens (including phenoxy) is 1. The smallest absolute Gasteiger partial charge is 0.315 e. The largest absolute Gasteiger partial charge is 0.459 e. The van der Waals surface area contributed by atoms with Crippen molar-refractivity contribution in [1.29, 1.82) is 0 Å². The summed E-state index contributed by atoms with van der Waals surface area (Å²) in [4.78, 5) is 12.4. The Hall–Kier alpha value is -0.830. The van der Waals surface area contributed by atoms with E-state index in [1.807, 2.05) is 20.8 Å². The summed E-state index contributed by atoms with van der Waals surface area (Å²) in [6.07, 6.45) is 1.92. The van der Waals surface area contributed by atoms with Gasteiger partial charge in [0.25, 0.3) is 0 Å². The second-order valence-electron chi connectivity index (χ2n) is 6.57. The summed E-state index contributed by atoms with van der Waals surface area (Å²) in [5.41, 5.74) is -1.44. The van der Waals surface area contributed by atoms with E-state index in [-0.39, 0.29) is 5.97 Å². The van der Waals surface area contributed by atoms with Crippen LogP contribution in [0.15, 0.2) is 12.2 Å². The molecule has 0 spiro atoms. The molecule has 17 heavy (non-hydrogen) atoms. The molecule has 3 nitrogen and oxygen atoms in total. The van der Waals surface area contributed by atoms with Gasteiger partial charge in [0, 0.05) is 0 Å². The highest BCUT2D eigenvalue weighted by atomic mass is 16.6. The Morgan fingerprint density at radius 2 is 1.88 bits per heavy atom. The first-order chi connectivity index (χ1) is 7.48. The summed E-state index contributed by atoms with van der Waals surface area (Å²) in [5.74, 6) is -0.309. The molecule has 0 aliphatic heterocycles. The molecular weight excluding hydrogens is 216 g/mol. The van der Waals surface area contributed by atoms with Gasteiger partial charge in [-0.1, -0.05) is 12.2 Å². The first-order valence-electron chi connectivity index (χ1n) is 6.10. The first-order valence-corrected chi connectivity index (χ1v) is 6.10. The van der Waals surface area contributed by atoms with Crippen molar-refractivity contribution in [2.75, 3.05) is 0 Å². The molecule has 0 radical (unpaired) electrons. The van der Waals surface area contributed by atoms with Gasteiger partial charge in [-0.25, -0.2) is 0 Å². The molecule has 1 saturated carbocycles. The van der Waals surface area contributed by atoms with Crippen molar-refractivity contribution in [1.82, 2.24) is 0 Å². The highest BCUT2D eigenvalue weighted by Crippen LogP contribution is 2.49. The predicted octanol–water partition coefficient (Wildman–Crippen LogP) is 2.83. The summed E-state index contributed by atoms with van der Waals surface area (Å²) in [6, 6.07) is 0. The van der Waals surface area contributed by atoms with Gasteiger partial charge in [0.1, 0.15) is 11.0 Å². The van der Waals surface area contributed by atoms with Gasteiger partial charge in [-0.2, -0.15) is 0 Å². The maximum absolute atomic E-state index is 12.4. The fraction of sp³-hybridized carbons (Fsp3) is 0.786. The third-order valence-corrected chi connectivity index (χ3v) is 3.42. The van der Waals surface area contributed by atoms with Crippen LogP contribution < -0.4 is 0 Å². The van der Waals surface area contributed by atoms with Gasteiger partial charge in [0.05, 0.1) is 5.60 Å². The Bertz CT molecular complexity index is 330. The molecule has 0 aromatic carbocycles. The molecule has 1 atom stereocenters. The van der Waals surface area contributed by atoms with Crippen LogP contribution in [0.25, 0.3) is 0 Å². The van der Waals surface area contributed by atoms with Crippen LogP contribution >= 0.6 is 0 Å². The molecule has 3 heteroatoms. The molecule has 98 valence electrons. The van der Waals surface area contributed by atoms with Crippen molar-refractivity contribution in [3.8, 4) is 0 Å². The van der Waals surface area contributed by atoms with Crippen molar-refractivity contribution in [3.63, 3.8) is 0 Å². The molecular formula is C14H24O3. The van der Waals surface area contributed by atoms with Gasteiger partial charge in [-0.3, -0.25) is 4.79 Å². The average molecular weight is 240 g/mol. The lowest BCUT2D eigenvalue weighted by Gasteiger charge is -2.39. The lowest BCUT2D eigenvalue weighted by atomic mass is 9.72. The molecule has 1 rings (SSSR count). The minimum atomic E-state index is -1.09. The second kappa shape index (κ2) is 4.13. The highest BCUT2D eigenvalue weighted by molar-refractivity contribution is 5.80. The molecule has 1 unspecified atom stereocenters. The van der Waals surface area contributed by atoms with Crippen LogP contribution in [0.3, 0.4) is 0 Å². The molecule has 0 saturated heterocycles. The van der Waals surface area contributed by atoms with E-state index in [0.717, 1.165) is 12.0 Å². The van der Waals surface area contributed by atoms with Crippen molar-refractivity contribution in [3.05, 3.63) is 12.2 Å². The van der Waals surface area contributed by atoms with E-state index in [1.54, 1.807) is 13.8 Å². The summed E-state index contributed by atoms with van der Waals surface area (Å²) < 4.78 is 5.46. The van der Waals surface area contributed by atoms with Crippen LogP contribution in [0.5, 0.6) is 0 Å². The Kier molecular flexibility index (Phi) is 3.45. The minimum Gasteiger partial charge on any atom is -0.459 e. The van der Waals surface area contributed by atoms with Crippen molar-refractivity contribution < 1.29 is 14.6 Å². The summed E-state index contributed by atoms with van der Waals surface area (Å²) >= 11 is 0. The summed E-state index contributed by atoms with van der Waals surface area (Å²) in [6.45, 7) is 12.8. The van der Waals surface area contributed by atoms with E-state index >= 15 is 0 Å². The molecule has 1 aliphatic carbocycles. The molecule has 0 aromatic heterocycles. The maximum Gasteiger partial charge on any atom is 0.315 e. The number of carbonyl (C=O) groups excluding carboxylic acids is 1. The summed E-state index contributed by atoms with van der Waals surface area (Å²) in [5, 5.41) is 10.3. The quantitative estimate of drug-likeness (QED) is 0.596. The number of esters is 1.